The summed E-state index contributed by atoms with van der Waals surface area (Å²) in [5, 5.41) is 0.389. The summed E-state index contributed by atoms with van der Waals surface area (Å²) in [7, 11) is 0. The van der Waals surface area contributed by atoms with Crippen LogP contribution in [-0.4, -0.2) is 18.5 Å². The summed E-state index contributed by atoms with van der Waals surface area (Å²) in [5.41, 5.74) is 4.85. The van der Waals surface area contributed by atoms with Gasteiger partial charge in [-0.2, -0.15) is 0 Å². The van der Waals surface area contributed by atoms with Crippen molar-refractivity contribution in [1.82, 2.24) is 0 Å². The van der Waals surface area contributed by atoms with Gasteiger partial charge in [0, 0.05) is 16.1 Å². The van der Waals surface area contributed by atoms with E-state index < -0.39 is 11.9 Å². The Balaban J connectivity index is 1.71. The Hall–Kier alpha value is -3.11. The van der Waals surface area contributed by atoms with E-state index in [9.17, 15) is 9.59 Å². The lowest BCUT2D eigenvalue weighted by Crippen LogP contribution is -2.33. The predicted molar refractivity (Wildman–Crippen MR) is 140 cm³/mol. The van der Waals surface area contributed by atoms with Crippen molar-refractivity contribution >= 4 is 23.5 Å². The van der Waals surface area contributed by atoms with E-state index in [1.807, 2.05) is 6.92 Å². The summed E-state index contributed by atoms with van der Waals surface area (Å²) in [6, 6.07) is 17.7. The first-order valence-corrected chi connectivity index (χ1v) is 12.3. The van der Waals surface area contributed by atoms with Gasteiger partial charge in [-0.3, -0.25) is 0 Å². The molecule has 5 heteroatoms. The highest BCUT2D eigenvalue weighted by atomic mass is 35.5. The van der Waals surface area contributed by atoms with Gasteiger partial charge in [0.15, 0.2) is 0 Å². The number of carbonyl (C=O) groups is 2. The third-order valence-corrected chi connectivity index (χ3v) is 7.26. The molecule has 0 aliphatic heterocycles. The maximum Gasteiger partial charge on any atom is 0.346 e. The number of hydrogen-bond donors (Lipinski definition) is 0. The highest BCUT2D eigenvalue weighted by Gasteiger charge is 2.38. The van der Waals surface area contributed by atoms with Crippen LogP contribution in [0.25, 0.3) is 11.1 Å². The second-order valence-corrected chi connectivity index (χ2v) is 10.7. The minimum absolute atomic E-state index is 0.0262. The monoisotopic (exact) mass is 490 g/mol. The molecule has 0 saturated carbocycles. The molecule has 4 nitrogen and oxygen atoms in total. The molecule has 0 atom stereocenters. The summed E-state index contributed by atoms with van der Waals surface area (Å²) in [4.78, 5) is 24.9. The molecular formula is C30H31ClO4. The average Bonchev–Trinajstić information content (AvgIpc) is 2.82. The second kappa shape index (κ2) is 9.50. The van der Waals surface area contributed by atoms with E-state index in [2.05, 4.69) is 39.8 Å². The maximum absolute atomic E-state index is 12.6. The Bertz CT molecular complexity index is 1280. The zero-order valence-electron chi connectivity index (χ0n) is 20.9. The fourth-order valence-electron chi connectivity index (χ4n) is 4.72. The first kappa shape index (κ1) is 25.0. The molecule has 3 aromatic rings. The molecule has 1 aliphatic rings. The number of rotatable bonds is 5. The number of ether oxygens (including phenoxy) is 2. The zero-order chi connectivity index (χ0) is 25.4. The number of esters is 2. The first-order valence-electron chi connectivity index (χ1n) is 12.0. The van der Waals surface area contributed by atoms with Gasteiger partial charge in [-0.1, -0.05) is 63.6 Å². The van der Waals surface area contributed by atoms with Crippen molar-refractivity contribution in [2.24, 2.45) is 0 Å². The highest BCUT2D eigenvalue weighted by Crippen LogP contribution is 2.50. The molecule has 1 aliphatic carbocycles. The van der Waals surface area contributed by atoms with Crippen molar-refractivity contribution in [2.75, 3.05) is 6.61 Å². The van der Waals surface area contributed by atoms with Crippen LogP contribution in [-0.2, 0) is 15.6 Å². The van der Waals surface area contributed by atoms with Crippen LogP contribution >= 0.6 is 11.6 Å². The van der Waals surface area contributed by atoms with E-state index in [0.29, 0.717) is 17.2 Å². The molecule has 35 heavy (non-hydrogen) atoms. The van der Waals surface area contributed by atoms with Gasteiger partial charge < -0.3 is 9.47 Å². The Morgan fingerprint density at radius 1 is 0.800 bits per heavy atom. The number of hydrogen-bond acceptors (Lipinski definition) is 4. The van der Waals surface area contributed by atoms with Gasteiger partial charge >= 0.3 is 11.9 Å². The fourth-order valence-corrected chi connectivity index (χ4v) is 5.00. The zero-order valence-corrected chi connectivity index (χ0v) is 21.7. The molecule has 0 bridgehead atoms. The van der Waals surface area contributed by atoms with E-state index in [1.54, 1.807) is 48.5 Å². The van der Waals surface area contributed by atoms with Gasteiger partial charge in [-0.05, 0) is 78.1 Å². The average molecular weight is 491 g/mol. The van der Waals surface area contributed by atoms with Crippen LogP contribution in [0.3, 0.4) is 0 Å². The summed E-state index contributed by atoms with van der Waals surface area (Å²) in [6.07, 6.45) is 2.20. The van der Waals surface area contributed by atoms with Gasteiger partial charge in [0.1, 0.15) is 5.75 Å². The molecule has 0 unspecified atom stereocenters. The molecule has 3 aromatic carbocycles. The Kier molecular flexibility index (Phi) is 6.79. The SMILES string of the molecule is CCOc1cc2c(cc1-c1ccc(C(=O)OC(=O)c3ccccc3)cc1Cl)C(C)(C)CCC2(C)C. The molecule has 0 N–H and O–H groups in total. The molecule has 0 aromatic heterocycles. The van der Waals surface area contributed by atoms with E-state index in [1.165, 1.54) is 11.1 Å². The van der Waals surface area contributed by atoms with Crippen molar-refractivity contribution in [2.45, 2.75) is 58.3 Å². The molecule has 0 heterocycles. The highest BCUT2D eigenvalue weighted by molar-refractivity contribution is 6.33. The lowest BCUT2D eigenvalue weighted by molar-refractivity contribution is 0.0398. The minimum Gasteiger partial charge on any atom is -0.493 e. The van der Waals surface area contributed by atoms with Crippen molar-refractivity contribution < 1.29 is 19.1 Å². The molecular weight excluding hydrogens is 460 g/mol. The smallest absolute Gasteiger partial charge is 0.346 e. The van der Waals surface area contributed by atoms with Crippen LogP contribution < -0.4 is 4.74 Å². The number of benzene rings is 3. The van der Waals surface area contributed by atoms with E-state index >= 15 is 0 Å². The lowest BCUT2D eigenvalue weighted by Gasteiger charge is -2.42. The van der Waals surface area contributed by atoms with Gasteiger partial charge in [0.05, 0.1) is 17.7 Å². The number of fused-ring (bicyclic) bond motifs is 1. The van der Waals surface area contributed by atoms with E-state index in [4.69, 9.17) is 21.1 Å². The molecule has 0 spiro atoms. The lowest BCUT2D eigenvalue weighted by atomic mass is 9.62. The molecule has 4 rings (SSSR count). The van der Waals surface area contributed by atoms with Crippen LogP contribution in [0, 0.1) is 0 Å². The van der Waals surface area contributed by atoms with Crippen LogP contribution in [0.4, 0.5) is 0 Å². The largest absolute Gasteiger partial charge is 0.493 e. The standard InChI is InChI=1S/C30H31ClO4/c1-6-34-26-18-24-23(29(2,3)14-15-30(24,4)5)17-22(26)21-13-12-20(16-25(21)31)28(33)35-27(32)19-10-8-7-9-11-19/h7-13,16-18H,6,14-15H2,1-5H3. The number of halogens is 1. The topological polar surface area (TPSA) is 52.6 Å². The Labute approximate surface area is 212 Å². The van der Waals surface area contributed by atoms with Crippen LogP contribution in [0.15, 0.2) is 60.7 Å². The third kappa shape index (κ3) is 4.99. The summed E-state index contributed by atoms with van der Waals surface area (Å²) >= 11 is 6.70. The summed E-state index contributed by atoms with van der Waals surface area (Å²) < 4.78 is 11.1. The van der Waals surface area contributed by atoms with Crippen molar-refractivity contribution in [3.63, 3.8) is 0 Å². The Morgan fingerprint density at radius 3 is 2.00 bits per heavy atom. The van der Waals surface area contributed by atoms with Gasteiger partial charge in [-0.25, -0.2) is 9.59 Å². The van der Waals surface area contributed by atoms with E-state index in [0.717, 1.165) is 29.7 Å². The molecule has 0 fully saturated rings. The quantitative estimate of drug-likeness (QED) is 0.271. The van der Waals surface area contributed by atoms with Crippen LogP contribution in [0.5, 0.6) is 5.75 Å². The van der Waals surface area contributed by atoms with Crippen molar-refractivity contribution in [1.29, 1.82) is 0 Å². The van der Waals surface area contributed by atoms with Crippen molar-refractivity contribution in [3.8, 4) is 16.9 Å². The number of carbonyl (C=O) groups excluding carboxylic acids is 2. The predicted octanol–water partition coefficient (Wildman–Crippen LogP) is 7.75. The Morgan fingerprint density at radius 2 is 1.40 bits per heavy atom. The van der Waals surface area contributed by atoms with Crippen molar-refractivity contribution in [3.05, 3.63) is 87.9 Å². The van der Waals surface area contributed by atoms with E-state index in [-0.39, 0.29) is 16.4 Å². The summed E-state index contributed by atoms with van der Waals surface area (Å²) in [6.45, 7) is 11.6. The van der Waals surface area contributed by atoms with Crippen LogP contribution in [0.1, 0.15) is 79.3 Å². The fraction of sp³-hybridized carbons (Fsp3) is 0.333. The van der Waals surface area contributed by atoms with Gasteiger partial charge in [0.25, 0.3) is 0 Å². The third-order valence-electron chi connectivity index (χ3n) is 6.94. The maximum atomic E-state index is 12.6. The first-order chi connectivity index (χ1) is 16.5. The molecule has 182 valence electrons. The van der Waals surface area contributed by atoms with Gasteiger partial charge in [0.2, 0.25) is 0 Å². The molecule has 0 radical (unpaired) electrons. The molecule has 0 amide bonds. The summed E-state index contributed by atoms with van der Waals surface area (Å²) in [5.74, 6) is -0.673. The van der Waals surface area contributed by atoms with Gasteiger partial charge in [-0.15, -0.1) is 0 Å². The normalized spacial score (nSPS) is 15.7. The van der Waals surface area contributed by atoms with Crippen LogP contribution in [0.2, 0.25) is 5.02 Å². The second-order valence-electron chi connectivity index (χ2n) is 10.3. The molecule has 0 saturated heterocycles. The minimum atomic E-state index is -0.745.